The van der Waals surface area contributed by atoms with Gasteiger partial charge in [0.25, 0.3) is 11.1 Å². The Balaban J connectivity index is 1.30. The van der Waals surface area contributed by atoms with Crippen molar-refractivity contribution < 1.29 is 19.4 Å². The van der Waals surface area contributed by atoms with Crippen molar-refractivity contribution in [3.8, 4) is 16.7 Å². The minimum atomic E-state index is -0.239. The van der Waals surface area contributed by atoms with E-state index in [1.165, 1.54) is 30.4 Å². The van der Waals surface area contributed by atoms with E-state index in [0.717, 1.165) is 17.2 Å². The van der Waals surface area contributed by atoms with E-state index >= 15 is 0 Å². The van der Waals surface area contributed by atoms with Crippen molar-refractivity contribution in [1.82, 2.24) is 15.3 Å². The zero-order valence-corrected chi connectivity index (χ0v) is 19.6. The standard InChI is InChI=1S/C24H24ClN3O4S/c1-15(28-23(30)17-8-9-26-18(10-17)13-29)2-6-20-12-27-24(33-20)32-22-7-5-19(11-21(22)25)31-14-16-3-4-16/h2,5-12,15-16,29H,3-4,13-14H2,1H3,(H,28,30)/b6-2+/t15-/m0/s1. The highest BCUT2D eigenvalue weighted by molar-refractivity contribution is 7.14. The number of aliphatic hydroxyl groups is 1. The number of rotatable bonds is 10. The molecule has 2 aromatic heterocycles. The first-order chi connectivity index (χ1) is 16.0. The molecule has 1 fully saturated rings. The van der Waals surface area contributed by atoms with Gasteiger partial charge < -0.3 is 19.9 Å². The summed E-state index contributed by atoms with van der Waals surface area (Å²) in [6, 6.07) is 8.33. The molecule has 9 heteroatoms. The predicted molar refractivity (Wildman–Crippen MR) is 128 cm³/mol. The Kier molecular flexibility index (Phi) is 7.59. The van der Waals surface area contributed by atoms with Crippen LogP contribution in [-0.4, -0.2) is 33.6 Å². The maximum Gasteiger partial charge on any atom is 0.279 e. The second-order valence-corrected chi connectivity index (χ2v) is 9.22. The molecular weight excluding hydrogens is 462 g/mol. The molecule has 0 spiro atoms. The Morgan fingerprint density at radius 3 is 2.94 bits per heavy atom. The molecule has 1 aliphatic carbocycles. The number of thiazole rings is 1. The number of nitrogens with zero attached hydrogens (tertiary/aromatic N) is 2. The molecule has 33 heavy (non-hydrogen) atoms. The minimum absolute atomic E-state index is 0.212. The van der Waals surface area contributed by atoms with Crippen LogP contribution in [0.25, 0.3) is 6.08 Å². The van der Waals surface area contributed by atoms with Gasteiger partial charge in [0.15, 0.2) is 0 Å². The van der Waals surface area contributed by atoms with Crippen LogP contribution >= 0.6 is 22.9 Å². The summed E-state index contributed by atoms with van der Waals surface area (Å²) in [6.07, 6.45) is 9.40. The first kappa shape index (κ1) is 23.2. The number of nitrogens with one attached hydrogen (secondary N) is 1. The van der Waals surface area contributed by atoms with Crippen molar-refractivity contribution in [2.24, 2.45) is 5.92 Å². The molecule has 1 aliphatic rings. The molecule has 0 bridgehead atoms. The summed E-state index contributed by atoms with van der Waals surface area (Å²) in [6.45, 7) is 2.38. The molecule has 1 saturated carbocycles. The van der Waals surface area contributed by atoms with Gasteiger partial charge in [-0.2, -0.15) is 0 Å². The van der Waals surface area contributed by atoms with Crippen LogP contribution in [0.2, 0.25) is 5.02 Å². The van der Waals surface area contributed by atoms with Gasteiger partial charge in [0.2, 0.25) is 0 Å². The van der Waals surface area contributed by atoms with Crippen molar-refractivity contribution in [3.63, 3.8) is 0 Å². The van der Waals surface area contributed by atoms with Crippen molar-refractivity contribution >= 4 is 34.9 Å². The molecule has 1 aromatic carbocycles. The normalized spacial score (nSPS) is 14.3. The molecule has 3 aromatic rings. The van der Waals surface area contributed by atoms with E-state index in [2.05, 4.69) is 15.3 Å². The number of aromatic nitrogens is 2. The van der Waals surface area contributed by atoms with Gasteiger partial charge in [0.1, 0.15) is 11.5 Å². The van der Waals surface area contributed by atoms with Crippen LogP contribution in [-0.2, 0) is 6.61 Å². The van der Waals surface area contributed by atoms with Crippen molar-refractivity contribution in [2.75, 3.05) is 6.61 Å². The fourth-order valence-electron chi connectivity index (χ4n) is 2.92. The van der Waals surface area contributed by atoms with E-state index in [0.29, 0.717) is 33.1 Å². The van der Waals surface area contributed by atoms with Crippen LogP contribution in [0.5, 0.6) is 16.7 Å². The van der Waals surface area contributed by atoms with Gasteiger partial charge >= 0.3 is 0 Å². The summed E-state index contributed by atoms with van der Waals surface area (Å²) in [5, 5.41) is 13.0. The van der Waals surface area contributed by atoms with Gasteiger partial charge in [-0.15, -0.1) is 0 Å². The van der Waals surface area contributed by atoms with E-state index < -0.39 is 0 Å². The lowest BCUT2D eigenvalue weighted by Crippen LogP contribution is -2.31. The fraction of sp³-hybridized carbons (Fsp3) is 0.292. The fourth-order valence-corrected chi connectivity index (χ4v) is 3.82. The highest BCUT2D eigenvalue weighted by Crippen LogP contribution is 2.35. The number of ether oxygens (including phenoxy) is 2. The van der Waals surface area contributed by atoms with Gasteiger partial charge in [0.05, 0.1) is 28.8 Å². The first-order valence-corrected chi connectivity index (χ1v) is 11.8. The second kappa shape index (κ2) is 10.8. The zero-order valence-electron chi connectivity index (χ0n) is 18.0. The molecule has 7 nitrogen and oxygen atoms in total. The first-order valence-electron chi connectivity index (χ1n) is 10.6. The lowest BCUT2D eigenvalue weighted by Gasteiger charge is -2.10. The van der Waals surface area contributed by atoms with Gasteiger partial charge in [-0.1, -0.05) is 29.0 Å². The number of hydrogen-bond acceptors (Lipinski definition) is 7. The number of carbonyl (C=O) groups excluding carboxylic acids is 1. The van der Waals surface area contributed by atoms with Gasteiger partial charge in [-0.25, -0.2) is 4.98 Å². The lowest BCUT2D eigenvalue weighted by atomic mass is 10.2. The quantitative estimate of drug-likeness (QED) is 0.415. The van der Waals surface area contributed by atoms with Crippen molar-refractivity contribution in [1.29, 1.82) is 0 Å². The zero-order chi connectivity index (χ0) is 23.2. The van der Waals surface area contributed by atoms with Gasteiger partial charge in [-0.3, -0.25) is 9.78 Å². The number of pyridine rings is 1. The summed E-state index contributed by atoms with van der Waals surface area (Å²) >= 11 is 7.70. The highest BCUT2D eigenvalue weighted by Gasteiger charge is 2.22. The monoisotopic (exact) mass is 485 g/mol. The third-order valence-electron chi connectivity index (χ3n) is 4.93. The van der Waals surface area contributed by atoms with Crippen LogP contribution in [0.3, 0.4) is 0 Å². The maximum atomic E-state index is 12.4. The highest BCUT2D eigenvalue weighted by atomic mass is 35.5. The SMILES string of the molecule is C[C@@H](/C=C/c1cnc(Oc2ccc(OCC3CC3)cc2Cl)s1)NC(=O)c1ccnc(CO)c1. The molecule has 2 N–H and O–H groups in total. The van der Waals surface area contributed by atoms with Crippen LogP contribution in [0.15, 0.2) is 48.8 Å². The van der Waals surface area contributed by atoms with Crippen LogP contribution in [0.4, 0.5) is 0 Å². The third kappa shape index (κ3) is 6.77. The number of carbonyl (C=O) groups is 1. The number of aliphatic hydroxyl groups excluding tert-OH is 1. The van der Waals surface area contributed by atoms with Gasteiger partial charge in [0, 0.05) is 30.1 Å². The molecule has 2 heterocycles. The summed E-state index contributed by atoms with van der Waals surface area (Å²) in [5.74, 6) is 1.68. The van der Waals surface area contributed by atoms with Gasteiger partial charge in [-0.05, 0) is 56.0 Å². The van der Waals surface area contributed by atoms with E-state index in [1.807, 2.05) is 25.1 Å². The molecule has 0 unspecified atom stereocenters. The van der Waals surface area contributed by atoms with Crippen molar-refractivity contribution in [3.05, 3.63) is 70.0 Å². The molecule has 4 rings (SSSR count). The second-order valence-electron chi connectivity index (χ2n) is 7.79. The Bertz CT molecular complexity index is 1150. The summed E-state index contributed by atoms with van der Waals surface area (Å²) in [7, 11) is 0. The number of hydrogen-bond donors (Lipinski definition) is 2. The smallest absolute Gasteiger partial charge is 0.279 e. The molecule has 0 saturated heterocycles. The van der Waals surface area contributed by atoms with E-state index in [1.54, 1.807) is 30.5 Å². The Morgan fingerprint density at radius 2 is 2.18 bits per heavy atom. The number of halogens is 1. The number of amides is 1. The molecule has 0 aliphatic heterocycles. The van der Waals surface area contributed by atoms with Crippen LogP contribution < -0.4 is 14.8 Å². The molecule has 172 valence electrons. The average molecular weight is 486 g/mol. The van der Waals surface area contributed by atoms with E-state index in [9.17, 15) is 4.79 Å². The average Bonchev–Trinajstić information content (AvgIpc) is 3.55. The maximum absolute atomic E-state index is 12.4. The third-order valence-corrected chi connectivity index (χ3v) is 6.07. The Hall–Kier alpha value is -2.94. The molecule has 1 atom stereocenters. The van der Waals surface area contributed by atoms with E-state index in [4.69, 9.17) is 26.2 Å². The summed E-state index contributed by atoms with van der Waals surface area (Å²) in [5.41, 5.74) is 0.896. The van der Waals surface area contributed by atoms with Crippen LogP contribution in [0, 0.1) is 5.92 Å². The summed E-state index contributed by atoms with van der Waals surface area (Å²) in [4.78, 5) is 21.5. The minimum Gasteiger partial charge on any atom is -0.493 e. The Labute approximate surface area is 201 Å². The Morgan fingerprint density at radius 1 is 1.33 bits per heavy atom. The predicted octanol–water partition coefficient (Wildman–Crippen LogP) is 5.10. The molecule has 1 amide bonds. The van der Waals surface area contributed by atoms with Crippen LogP contribution in [0.1, 0.15) is 40.7 Å². The topological polar surface area (TPSA) is 93.6 Å². The molecule has 0 radical (unpaired) electrons. The largest absolute Gasteiger partial charge is 0.493 e. The number of benzene rings is 1. The molecular formula is C24H24ClN3O4S. The van der Waals surface area contributed by atoms with E-state index in [-0.39, 0.29) is 18.6 Å². The summed E-state index contributed by atoms with van der Waals surface area (Å²) < 4.78 is 11.6. The van der Waals surface area contributed by atoms with Crippen molar-refractivity contribution in [2.45, 2.75) is 32.4 Å². The lowest BCUT2D eigenvalue weighted by molar-refractivity contribution is 0.0946.